The lowest BCUT2D eigenvalue weighted by Crippen LogP contribution is -2.35. The summed E-state index contributed by atoms with van der Waals surface area (Å²) in [4.78, 5) is 29.6. The van der Waals surface area contributed by atoms with Gasteiger partial charge in [-0.15, -0.1) is 11.3 Å². The quantitative estimate of drug-likeness (QED) is 0.799. The molecule has 2 rings (SSSR count). The molecule has 2 heterocycles. The molecule has 1 atom stereocenters. The van der Waals surface area contributed by atoms with Crippen molar-refractivity contribution < 1.29 is 9.59 Å². The highest BCUT2D eigenvalue weighted by Crippen LogP contribution is 2.17. The highest BCUT2D eigenvalue weighted by Gasteiger charge is 2.12. The van der Waals surface area contributed by atoms with Crippen molar-refractivity contribution in [1.29, 1.82) is 0 Å². The number of carbonyl (C=O) groups excluding carboxylic acids is 2. The molecule has 2 aromatic heterocycles. The van der Waals surface area contributed by atoms with Gasteiger partial charge >= 0.3 is 0 Å². The maximum Gasteiger partial charge on any atom is 0.220 e. The van der Waals surface area contributed by atoms with E-state index in [9.17, 15) is 9.59 Å². The molecule has 5 nitrogen and oxygen atoms in total. The van der Waals surface area contributed by atoms with Gasteiger partial charge in [0.25, 0.3) is 0 Å². The van der Waals surface area contributed by atoms with Crippen LogP contribution in [0.1, 0.15) is 34.3 Å². The largest absolute Gasteiger partial charge is 0.352 e. The Kier molecular flexibility index (Phi) is 5.27. The second-order valence-corrected chi connectivity index (χ2v) is 6.35. The normalized spacial score (nSPS) is 12.1. The van der Waals surface area contributed by atoms with Crippen LogP contribution in [0.4, 0.5) is 0 Å². The summed E-state index contributed by atoms with van der Waals surface area (Å²) in [6.45, 7) is 4.57. The lowest BCUT2D eigenvalue weighted by atomic mass is 10.2. The van der Waals surface area contributed by atoms with Gasteiger partial charge in [0.05, 0.1) is 11.2 Å². The number of rotatable bonds is 7. The highest BCUT2D eigenvalue weighted by atomic mass is 32.1. The van der Waals surface area contributed by atoms with Gasteiger partial charge in [0.1, 0.15) is 0 Å². The molecule has 0 saturated carbocycles. The topological polar surface area (TPSA) is 64.0 Å². The third-order valence-electron chi connectivity index (χ3n) is 3.05. The monoisotopic (exact) mass is 305 g/mol. The van der Waals surface area contributed by atoms with E-state index in [1.807, 2.05) is 36.7 Å². The van der Waals surface area contributed by atoms with Crippen molar-refractivity contribution in [3.05, 3.63) is 40.6 Å². The Hall–Kier alpha value is -1.95. The summed E-state index contributed by atoms with van der Waals surface area (Å²) in [6.07, 6.45) is 5.75. The van der Waals surface area contributed by atoms with Crippen LogP contribution in [0.3, 0.4) is 0 Å². The number of amides is 1. The van der Waals surface area contributed by atoms with E-state index in [-0.39, 0.29) is 30.6 Å². The van der Waals surface area contributed by atoms with E-state index in [1.165, 1.54) is 11.3 Å². The summed E-state index contributed by atoms with van der Waals surface area (Å²) in [7, 11) is 0. The first kappa shape index (κ1) is 15.4. The van der Waals surface area contributed by atoms with E-state index >= 15 is 0 Å². The Morgan fingerprint density at radius 2 is 2.19 bits per heavy atom. The van der Waals surface area contributed by atoms with Crippen molar-refractivity contribution in [1.82, 2.24) is 14.9 Å². The summed E-state index contributed by atoms with van der Waals surface area (Å²) in [5.74, 6) is -0.0604. The highest BCUT2D eigenvalue weighted by molar-refractivity contribution is 7.14. The van der Waals surface area contributed by atoms with Gasteiger partial charge < -0.3 is 9.88 Å². The number of hydrogen-bond donors (Lipinski definition) is 1. The average Bonchev–Trinajstić information content (AvgIpc) is 3.07. The van der Waals surface area contributed by atoms with Crippen LogP contribution in [-0.4, -0.2) is 27.3 Å². The van der Waals surface area contributed by atoms with Crippen molar-refractivity contribution in [2.75, 3.05) is 0 Å². The Morgan fingerprint density at radius 1 is 1.38 bits per heavy atom. The number of ketones is 1. The number of carbonyl (C=O) groups is 2. The summed E-state index contributed by atoms with van der Waals surface area (Å²) >= 11 is 1.47. The van der Waals surface area contributed by atoms with E-state index in [4.69, 9.17) is 0 Å². The summed E-state index contributed by atoms with van der Waals surface area (Å²) in [5, 5.41) is 2.89. The van der Waals surface area contributed by atoms with Crippen LogP contribution in [0.25, 0.3) is 0 Å². The van der Waals surface area contributed by atoms with Gasteiger partial charge in [0.2, 0.25) is 5.91 Å². The summed E-state index contributed by atoms with van der Waals surface area (Å²) in [5.41, 5.74) is 0. The molecule has 21 heavy (non-hydrogen) atoms. The third kappa shape index (κ3) is 4.82. The molecule has 0 aromatic carbocycles. The number of hydrogen-bond acceptors (Lipinski definition) is 4. The molecule has 0 bridgehead atoms. The number of nitrogens with one attached hydrogen (secondary N) is 1. The third-order valence-corrected chi connectivity index (χ3v) is 4.09. The van der Waals surface area contributed by atoms with Gasteiger partial charge in [-0.3, -0.25) is 9.59 Å². The molecular weight excluding hydrogens is 286 g/mol. The van der Waals surface area contributed by atoms with Gasteiger partial charge in [-0.2, -0.15) is 0 Å². The van der Waals surface area contributed by atoms with E-state index < -0.39 is 0 Å². The minimum absolute atomic E-state index is 0.00536. The Bertz CT molecular complexity index is 604. The number of nitrogens with zero attached hydrogens (tertiary/aromatic N) is 2. The maximum atomic E-state index is 11.9. The zero-order valence-corrected chi connectivity index (χ0v) is 13.0. The first-order valence-corrected chi connectivity index (χ1v) is 7.71. The molecule has 0 aliphatic heterocycles. The van der Waals surface area contributed by atoms with E-state index in [2.05, 4.69) is 10.3 Å². The molecule has 0 aliphatic rings. The predicted molar refractivity (Wildman–Crippen MR) is 82.5 cm³/mol. The van der Waals surface area contributed by atoms with Crippen LogP contribution < -0.4 is 5.32 Å². The number of Topliss-reactive ketones (excluding diaryl/α,β-unsaturated/α-hetero) is 1. The van der Waals surface area contributed by atoms with E-state index in [0.29, 0.717) is 6.54 Å². The number of aryl methyl sites for hydroxylation is 1. The Morgan fingerprint density at radius 3 is 2.81 bits per heavy atom. The van der Waals surface area contributed by atoms with Crippen molar-refractivity contribution in [2.45, 2.75) is 39.3 Å². The van der Waals surface area contributed by atoms with E-state index in [1.54, 1.807) is 12.5 Å². The van der Waals surface area contributed by atoms with Crippen molar-refractivity contribution >= 4 is 23.0 Å². The average molecular weight is 305 g/mol. The predicted octanol–water partition coefficient (Wildman–Crippen LogP) is 2.42. The molecule has 0 aliphatic carbocycles. The van der Waals surface area contributed by atoms with Gasteiger partial charge in [-0.05, 0) is 26.0 Å². The van der Waals surface area contributed by atoms with Crippen LogP contribution in [0.15, 0.2) is 30.9 Å². The Balaban J connectivity index is 1.73. The number of thiophene rings is 1. The van der Waals surface area contributed by atoms with Crippen LogP contribution in [0, 0.1) is 6.92 Å². The van der Waals surface area contributed by atoms with Crippen molar-refractivity contribution in [3.8, 4) is 0 Å². The van der Waals surface area contributed by atoms with Crippen LogP contribution in [0.2, 0.25) is 0 Å². The second-order valence-electron chi connectivity index (χ2n) is 5.06. The molecule has 6 heteroatoms. The van der Waals surface area contributed by atoms with Crippen molar-refractivity contribution in [3.63, 3.8) is 0 Å². The minimum atomic E-state index is -0.0933. The lowest BCUT2D eigenvalue weighted by Gasteiger charge is -2.14. The zero-order chi connectivity index (χ0) is 15.2. The van der Waals surface area contributed by atoms with Gasteiger partial charge in [0.15, 0.2) is 5.78 Å². The van der Waals surface area contributed by atoms with Crippen molar-refractivity contribution in [2.24, 2.45) is 0 Å². The van der Waals surface area contributed by atoms with Gasteiger partial charge in [-0.1, -0.05) is 0 Å². The number of imidazole rings is 1. The fourth-order valence-electron chi connectivity index (χ4n) is 2.04. The molecule has 0 saturated heterocycles. The van der Waals surface area contributed by atoms with Gasteiger partial charge in [0, 0.05) is 42.7 Å². The van der Waals surface area contributed by atoms with Gasteiger partial charge in [-0.25, -0.2) is 4.98 Å². The number of aromatic nitrogens is 2. The molecule has 0 radical (unpaired) electrons. The van der Waals surface area contributed by atoms with Crippen LogP contribution in [-0.2, 0) is 11.3 Å². The van der Waals surface area contributed by atoms with Crippen LogP contribution >= 0.6 is 11.3 Å². The lowest BCUT2D eigenvalue weighted by molar-refractivity contribution is -0.121. The molecule has 1 amide bonds. The molecule has 0 unspecified atom stereocenters. The molecule has 0 spiro atoms. The maximum absolute atomic E-state index is 11.9. The first-order chi connectivity index (χ1) is 10.0. The zero-order valence-electron chi connectivity index (χ0n) is 12.2. The molecule has 1 N–H and O–H groups in total. The fraction of sp³-hybridized carbons (Fsp3) is 0.400. The SMILES string of the molecule is Cc1ccc(C(=O)CCC(=O)N[C@@H](C)Cn2ccnc2)s1. The summed E-state index contributed by atoms with van der Waals surface area (Å²) in [6, 6.07) is 3.75. The second kappa shape index (κ2) is 7.17. The molecule has 0 fully saturated rings. The Labute approximate surface area is 128 Å². The molecular formula is C15H19N3O2S. The summed E-state index contributed by atoms with van der Waals surface area (Å²) < 4.78 is 1.91. The first-order valence-electron chi connectivity index (χ1n) is 6.89. The standard InChI is InChI=1S/C15H19N3O2S/c1-11(9-18-8-7-16-10-18)17-15(20)6-4-13(19)14-5-3-12(2)21-14/h3,5,7-8,10-11H,4,6,9H2,1-2H3,(H,17,20)/t11-/m0/s1. The van der Waals surface area contributed by atoms with Crippen LogP contribution in [0.5, 0.6) is 0 Å². The smallest absolute Gasteiger partial charge is 0.220 e. The minimum Gasteiger partial charge on any atom is -0.352 e. The fourth-order valence-corrected chi connectivity index (χ4v) is 2.87. The molecule has 112 valence electrons. The van der Waals surface area contributed by atoms with E-state index in [0.717, 1.165) is 9.75 Å². The molecule has 2 aromatic rings.